The van der Waals surface area contributed by atoms with E-state index < -0.39 is 0 Å². The molecule has 1 atom stereocenters. The third-order valence-corrected chi connectivity index (χ3v) is 5.67. The third-order valence-electron chi connectivity index (χ3n) is 4.49. The molecule has 6 heteroatoms. The molecule has 0 saturated carbocycles. The van der Waals surface area contributed by atoms with Crippen molar-refractivity contribution in [2.75, 3.05) is 13.2 Å². The molecule has 1 N–H and O–H groups in total. The summed E-state index contributed by atoms with van der Waals surface area (Å²) in [5.74, 6) is 1.36. The lowest BCUT2D eigenvalue weighted by Crippen LogP contribution is -2.40. The second kappa shape index (κ2) is 6.61. The molecule has 0 radical (unpaired) electrons. The molecular formula is C20H20N2O3S. The van der Waals surface area contributed by atoms with Crippen molar-refractivity contribution in [3.05, 3.63) is 52.0 Å². The van der Waals surface area contributed by atoms with Crippen LogP contribution in [0.5, 0.6) is 11.5 Å². The molecule has 1 amide bonds. The van der Waals surface area contributed by atoms with Crippen LogP contribution in [0.25, 0.3) is 10.2 Å². The van der Waals surface area contributed by atoms with Crippen molar-refractivity contribution in [3.8, 4) is 11.5 Å². The second-order valence-electron chi connectivity index (χ2n) is 6.52. The summed E-state index contributed by atoms with van der Waals surface area (Å²) in [6.45, 7) is 6.83. The summed E-state index contributed by atoms with van der Waals surface area (Å²) in [6, 6.07) is 9.61. The number of hydrogen-bond acceptors (Lipinski definition) is 5. The number of rotatable bonds is 3. The van der Waals surface area contributed by atoms with Crippen molar-refractivity contribution in [1.29, 1.82) is 0 Å². The van der Waals surface area contributed by atoms with Gasteiger partial charge >= 0.3 is 0 Å². The molecule has 3 aromatic rings. The number of amides is 1. The molecule has 1 aliphatic heterocycles. The van der Waals surface area contributed by atoms with Crippen molar-refractivity contribution >= 4 is 27.5 Å². The van der Waals surface area contributed by atoms with Gasteiger partial charge in [-0.05, 0) is 50.1 Å². The Kier molecular flexibility index (Phi) is 4.28. The molecular weight excluding hydrogens is 348 g/mol. The minimum atomic E-state index is -0.203. The maximum absolute atomic E-state index is 12.7. The van der Waals surface area contributed by atoms with Crippen LogP contribution in [0, 0.1) is 20.8 Å². The van der Waals surface area contributed by atoms with Crippen LogP contribution in [0.3, 0.4) is 0 Å². The minimum absolute atomic E-state index is 0.0926. The standard InChI is InChI=1S/C20H20N2O3S/c1-11-8-12(2)22-20-17(11)13(3)18(26-20)19(23)21-9-14-10-24-15-6-4-5-7-16(15)25-14/h4-8,14H,9-10H2,1-3H3,(H,21,23). The first-order valence-corrected chi connectivity index (χ1v) is 9.38. The number of para-hydroxylation sites is 2. The Labute approximate surface area is 156 Å². The van der Waals surface area contributed by atoms with Crippen LogP contribution >= 0.6 is 11.3 Å². The van der Waals surface area contributed by atoms with E-state index in [1.807, 2.05) is 44.2 Å². The highest BCUT2D eigenvalue weighted by Crippen LogP contribution is 2.33. The van der Waals surface area contributed by atoms with E-state index in [0.29, 0.717) is 23.8 Å². The zero-order valence-corrected chi connectivity index (χ0v) is 15.8. The fourth-order valence-corrected chi connectivity index (χ4v) is 4.51. The zero-order chi connectivity index (χ0) is 18.3. The number of carbonyl (C=O) groups is 1. The van der Waals surface area contributed by atoms with Crippen LogP contribution in [0.2, 0.25) is 0 Å². The number of aromatic nitrogens is 1. The topological polar surface area (TPSA) is 60.5 Å². The Morgan fingerprint density at radius 1 is 1.27 bits per heavy atom. The normalized spacial score (nSPS) is 15.9. The second-order valence-corrected chi connectivity index (χ2v) is 7.52. The highest BCUT2D eigenvalue weighted by molar-refractivity contribution is 7.20. The minimum Gasteiger partial charge on any atom is -0.486 e. The van der Waals surface area contributed by atoms with Gasteiger partial charge in [0.15, 0.2) is 11.5 Å². The predicted molar refractivity (Wildman–Crippen MR) is 103 cm³/mol. The van der Waals surface area contributed by atoms with Crippen molar-refractivity contribution in [2.24, 2.45) is 0 Å². The summed E-state index contributed by atoms with van der Waals surface area (Å²) >= 11 is 1.44. The third kappa shape index (κ3) is 3.01. The van der Waals surface area contributed by atoms with Gasteiger partial charge in [-0.2, -0.15) is 0 Å². The van der Waals surface area contributed by atoms with Crippen molar-refractivity contribution in [1.82, 2.24) is 10.3 Å². The summed E-state index contributed by atoms with van der Waals surface area (Å²) in [5, 5.41) is 4.05. The molecule has 5 nitrogen and oxygen atoms in total. The first kappa shape index (κ1) is 16.8. The Morgan fingerprint density at radius 3 is 2.85 bits per heavy atom. The fraction of sp³-hybridized carbons (Fsp3) is 0.300. The number of ether oxygens (including phenoxy) is 2. The van der Waals surface area contributed by atoms with Crippen LogP contribution in [-0.2, 0) is 0 Å². The lowest BCUT2D eigenvalue weighted by Gasteiger charge is -2.26. The van der Waals surface area contributed by atoms with Crippen LogP contribution in [0.4, 0.5) is 0 Å². The van der Waals surface area contributed by atoms with Crippen molar-refractivity contribution < 1.29 is 14.3 Å². The molecule has 3 heterocycles. The summed E-state index contributed by atoms with van der Waals surface area (Å²) in [4.78, 5) is 18.9. The summed E-state index contributed by atoms with van der Waals surface area (Å²) in [6.07, 6.45) is -0.203. The predicted octanol–water partition coefficient (Wildman–Crippen LogP) is 3.79. The fourth-order valence-electron chi connectivity index (χ4n) is 3.29. The van der Waals surface area contributed by atoms with E-state index in [4.69, 9.17) is 9.47 Å². The first-order chi connectivity index (χ1) is 12.5. The van der Waals surface area contributed by atoms with Gasteiger partial charge in [0, 0.05) is 11.1 Å². The smallest absolute Gasteiger partial charge is 0.261 e. The number of hydrogen-bond donors (Lipinski definition) is 1. The lowest BCUT2D eigenvalue weighted by atomic mass is 10.1. The van der Waals surface area contributed by atoms with Gasteiger partial charge in [-0.1, -0.05) is 12.1 Å². The molecule has 2 aromatic heterocycles. The summed E-state index contributed by atoms with van der Waals surface area (Å²) in [5.41, 5.74) is 3.11. The van der Waals surface area contributed by atoms with Gasteiger partial charge in [0.2, 0.25) is 0 Å². The molecule has 4 rings (SSSR count). The Morgan fingerprint density at radius 2 is 2.04 bits per heavy atom. The number of carbonyl (C=O) groups excluding carboxylic acids is 1. The average Bonchev–Trinajstić information content (AvgIpc) is 2.96. The number of benzene rings is 1. The van der Waals surface area contributed by atoms with Crippen LogP contribution < -0.4 is 14.8 Å². The molecule has 26 heavy (non-hydrogen) atoms. The Bertz CT molecular complexity index is 996. The monoisotopic (exact) mass is 368 g/mol. The molecule has 0 saturated heterocycles. The van der Waals surface area contributed by atoms with Gasteiger partial charge in [-0.3, -0.25) is 4.79 Å². The molecule has 0 spiro atoms. The Balaban J connectivity index is 1.48. The average molecular weight is 368 g/mol. The Hall–Kier alpha value is -2.60. The quantitative estimate of drug-likeness (QED) is 0.764. The van der Waals surface area contributed by atoms with E-state index in [9.17, 15) is 4.79 Å². The van der Waals surface area contributed by atoms with E-state index >= 15 is 0 Å². The molecule has 134 valence electrons. The molecule has 0 bridgehead atoms. The van der Waals surface area contributed by atoms with Crippen molar-refractivity contribution in [3.63, 3.8) is 0 Å². The van der Waals surface area contributed by atoms with E-state index in [-0.39, 0.29) is 12.0 Å². The van der Waals surface area contributed by atoms with Gasteiger partial charge < -0.3 is 14.8 Å². The molecule has 0 aliphatic carbocycles. The van der Waals surface area contributed by atoms with Crippen LogP contribution in [0.1, 0.15) is 26.5 Å². The van der Waals surface area contributed by atoms with E-state index in [1.54, 1.807) is 0 Å². The number of thiophene rings is 1. The maximum Gasteiger partial charge on any atom is 0.261 e. The summed E-state index contributed by atoms with van der Waals surface area (Å²) < 4.78 is 11.6. The van der Waals surface area contributed by atoms with Gasteiger partial charge in [0.1, 0.15) is 17.5 Å². The van der Waals surface area contributed by atoms with Gasteiger partial charge in [0.05, 0.1) is 11.4 Å². The van der Waals surface area contributed by atoms with Crippen molar-refractivity contribution in [2.45, 2.75) is 26.9 Å². The zero-order valence-electron chi connectivity index (χ0n) is 15.0. The van der Waals surface area contributed by atoms with Crippen LogP contribution in [-0.4, -0.2) is 30.1 Å². The SMILES string of the molecule is Cc1cc(C)c2c(C)c(C(=O)NCC3COc4ccccc4O3)sc2n1. The van der Waals surface area contributed by atoms with E-state index in [0.717, 1.165) is 32.8 Å². The molecule has 1 aliphatic rings. The van der Waals surface area contributed by atoms with Gasteiger partial charge in [-0.15, -0.1) is 11.3 Å². The van der Waals surface area contributed by atoms with E-state index in [2.05, 4.69) is 17.2 Å². The van der Waals surface area contributed by atoms with Gasteiger partial charge in [-0.25, -0.2) is 4.98 Å². The first-order valence-electron chi connectivity index (χ1n) is 8.57. The molecule has 1 aromatic carbocycles. The van der Waals surface area contributed by atoms with Crippen LogP contribution in [0.15, 0.2) is 30.3 Å². The number of nitrogens with zero attached hydrogens (tertiary/aromatic N) is 1. The van der Waals surface area contributed by atoms with Gasteiger partial charge in [0.25, 0.3) is 5.91 Å². The maximum atomic E-state index is 12.7. The molecule has 0 fully saturated rings. The number of fused-ring (bicyclic) bond motifs is 2. The lowest BCUT2D eigenvalue weighted by molar-refractivity contribution is 0.0791. The summed E-state index contributed by atoms with van der Waals surface area (Å²) in [7, 11) is 0. The molecule has 1 unspecified atom stereocenters. The highest BCUT2D eigenvalue weighted by atomic mass is 32.1. The van der Waals surface area contributed by atoms with E-state index in [1.165, 1.54) is 11.3 Å². The highest BCUT2D eigenvalue weighted by Gasteiger charge is 2.23. The largest absolute Gasteiger partial charge is 0.486 e. The number of pyridine rings is 1. The number of aryl methyl sites for hydroxylation is 3. The number of nitrogens with one attached hydrogen (secondary N) is 1.